The molecule has 0 bridgehead atoms. The Morgan fingerprint density at radius 2 is 2.12 bits per heavy atom. The highest BCUT2D eigenvalue weighted by Crippen LogP contribution is 2.19. The van der Waals surface area contributed by atoms with Gasteiger partial charge in [-0.3, -0.25) is 4.79 Å². The average molecular weight is 302 g/mol. The number of furan rings is 1. The van der Waals surface area contributed by atoms with E-state index in [0.717, 1.165) is 12.8 Å². The van der Waals surface area contributed by atoms with Crippen LogP contribution in [0.25, 0.3) is 0 Å². The average Bonchev–Trinajstić information content (AvgIpc) is 2.74. The summed E-state index contributed by atoms with van der Waals surface area (Å²) in [5, 5.41) is 2.93. The fraction of sp³-hybridized carbons (Fsp3) is 0.615. The van der Waals surface area contributed by atoms with Crippen molar-refractivity contribution in [3.8, 4) is 0 Å². The van der Waals surface area contributed by atoms with E-state index < -0.39 is 0 Å². The summed E-state index contributed by atoms with van der Waals surface area (Å²) in [4.78, 5) is 12.2. The zero-order valence-corrected chi connectivity index (χ0v) is 12.2. The quantitative estimate of drug-likeness (QED) is 0.817. The predicted molar refractivity (Wildman–Crippen MR) is 72.6 cm³/mol. The van der Waals surface area contributed by atoms with E-state index in [2.05, 4.69) is 35.1 Å². The fourth-order valence-electron chi connectivity index (χ4n) is 1.87. The number of alkyl halides is 1. The van der Waals surface area contributed by atoms with Crippen molar-refractivity contribution in [2.75, 3.05) is 6.54 Å². The first-order valence-corrected chi connectivity index (χ1v) is 6.98. The van der Waals surface area contributed by atoms with E-state index in [1.165, 1.54) is 6.26 Å². The molecule has 0 aliphatic carbocycles. The number of amides is 1. The van der Waals surface area contributed by atoms with Gasteiger partial charge in [-0.15, -0.1) is 0 Å². The Labute approximate surface area is 111 Å². The molecule has 1 rings (SSSR count). The minimum Gasteiger partial charge on any atom is -0.469 e. The van der Waals surface area contributed by atoms with Crippen LogP contribution in [0.15, 0.2) is 16.7 Å². The van der Waals surface area contributed by atoms with Crippen LogP contribution in [-0.4, -0.2) is 17.3 Å². The molecule has 0 fully saturated rings. The maximum atomic E-state index is 11.8. The number of halogens is 1. The zero-order valence-electron chi connectivity index (χ0n) is 10.6. The molecule has 0 spiro atoms. The number of aryl methyl sites for hydroxylation is 1. The smallest absolute Gasteiger partial charge is 0.254 e. The highest BCUT2D eigenvalue weighted by Gasteiger charge is 2.17. The summed E-state index contributed by atoms with van der Waals surface area (Å²) < 4.78 is 5.11. The molecule has 3 nitrogen and oxygen atoms in total. The summed E-state index contributed by atoms with van der Waals surface area (Å²) in [6.07, 6.45) is 3.77. The summed E-state index contributed by atoms with van der Waals surface area (Å²) in [6.45, 7) is 6.78. The van der Waals surface area contributed by atoms with Gasteiger partial charge in [-0.05, 0) is 18.9 Å². The van der Waals surface area contributed by atoms with Gasteiger partial charge in [0.2, 0.25) is 0 Å². The van der Waals surface area contributed by atoms with Gasteiger partial charge < -0.3 is 9.73 Å². The Kier molecular flexibility index (Phi) is 5.75. The van der Waals surface area contributed by atoms with E-state index in [0.29, 0.717) is 28.6 Å². The van der Waals surface area contributed by atoms with Gasteiger partial charge in [-0.25, -0.2) is 0 Å². The van der Waals surface area contributed by atoms with Crippen molar-refractivity contribution in [3.05, 3.63) is 23.7 Å². The summed E-state index contributed by atoms with van der Waals surface area (Å²) >= 11 is 3.64. The van der Waals surface area contributed by atoms with Crippen molar-refractivity contribution in [2.24, 2.45) is 5.92 Å². The first-order chi connectivity index (χ1) is 8.10. The molecular weight excluding hydrogens is 282 g/mol. The van der Waals surface area contributed by atoms with Crippen LogP contribution in [0.1, 0.15) is 42.8 Å². The molecule has 0 aliphatic heterocycles. The standard InChI is InChI=1S/C13H20BrNO2/c1-4-10(5-2)12(14)8-15-13(16)11-6-7-17-9(11)3/h6-7,10,12H,4-5,8H2,1-3H3,(H,15,16). The van der Waals surface area contributed by atoms with Crippen molar-refractivity contribution in [1.82, 2.24) is 5.32 Å². The number of hydrogen-bond acceptors (Lipinski definition) is 2. The van der Waals surface area contributed by atoms with Gasteiger partial charge in [0.15, 0.2) is 0 Å². The van der Waals surface area contributed by atoms with Crippen LogP contribution in [0.2, 0.25) is 0 Å². The number of hydrogen-bond donors (Lipinski definition) is 1. The Hall–Kier alpha value is -0.770. The van der Waals surface area contributed by atoms with Crippen molar-refractivity contribution in [1.29, 1.82) is 0 Å². The van der Waals surface area contributed by atoms with Crippen molar-refractivity contribution < 1.29 is 9.21 Å². The number of carbonyl (C=O) groups is 1. The van der Waals surface area contributed by atoms with Crippen LogP contribution in [0.4, 0.5) is 0 Å². The molecule has 1 heterocycles. The number of rotatable bonds is 6. The van der Waals surface area contributed by atoms with Crippen LogP contribution in [0, 0.1) is 12.8 Å². The van der Waals surface area contributed by atoms with Gasteiger partial charge in [-0.2, -0.15) is 0 Å². The van der Waals surface area contributed by atoms with Gasteiger partial charge in [-0.1, -0.05) is 42.6 Å². The monoisotopic (exact) mass is 301 g/mol. The van der Waals surface area contributed by atoms with Crippen molar-refractivity contribution >= 4 is 21.8 Å². The lowest BCUT2D eigenvalue weighted by Gasteiger charge is -2.19. The van der Waals surface area contributed by atoms with Gasteiger partial charge in [0.25, 0.3) is 5.91 Å². The maximum Gasteiger partial charge on any atom is 0.254 e. The van der Waals surface area contributed by atoms with Gasteiger partial charge in [0, 0.05) is 11.4 Å². The molecule has 0 saturated carbocycles. The Morgan fingerprint density at radius 3 is 2.59 bits per heavy atom. The third-order valence-electron chi connectivity index (χ3n) is 3.12. The molecule has 1 unspecified atom stereocenters. The van der Waals surface area contributed by atoms with Crippen molar-refractivity contribution in [2.45, 2.75) is 38.4 Å². The molecule has 4 heteroatoms. The predicted octanol–water partition coefficient (Wildman–Crippen LogP) is 3.52. The van der Waals surface area contributed by atoms with E-state index >= 15 is 0 Å². The summed E-state index contributed by atoms with van der Waals surface area (Å²) in [5.41, 5.74) is 0.620. The number of nitrogens with one attached hydrogen (secondary N) is 1. The normalized spacial score (nSPS) is 12.8. The zero-order chi connectivity index (χ0) is 12.8. The van der Waals surface area contributed by atoms with Gasteiger partial charge in [0.1, 0.15) is 5.76 Å². The number of carbonyl (C=O) groups excluding carboxylic acids is 1. The van der Waals surface area contributed by atoms with E-state index in [1.807, 2.05) is 0 Å². The Balaban J connectivity index is 2.46. The van der Waals surface area contributed by atoms with Crippen LogP contribution < -0.4 is 5.32 Å². The first kappa shape index (κ1) is 14.3. The fourth-order valence-corrected chi connectivity index (χ4v) is 2.78. The first-order valence-electron chi connectivity index (χ1n) is 6.06. The van der Waals surface area contributed by atoms with Crippen LogP contribution in [-0.2, 0) is 0 Å². The van der Waals surface area contributed by atoms with Crippen LogP contribution in [0.3, 0.4) is 0 Å². The molecule has 1 aromatic heterocycles. The maximum absolute atomic E-state index is 11.8. The highest BCUT2D eigenvalue weighted by atomic mass is 79.9. The SMILES string of the molecule is CCC(CC)C(Br)CNC(=O)c1ccoc1C. The van der Waals surface area contributed by atoms with E-state index in [9.17, 15) is 4.79 Å². The Morgan fingerprint density at radius 1 is 1.47 bits per heavy atom. The highest BCUT2D eigenvalue weighted by molar-refractivity contribution is 9.09. The molecule has 0 aromatic carbocycles. The molecule has 1 aromatic rings. The lowest BCUT2D eigenvalue weighted by molar-refractivity contribution is 0.0950. The molecule has 1 atom stereocenters. The molecule has 0 radical (unpaired) electrons. The molecule has 0 saturated heterocycles. The molecular formula is C13H20BrNO2. The van der Waals surface area contributed by atoms with E-state index in [4.69, 9.17) is 4.42 Å². The largest absolute Gasteiger partial charge is 0.469 e. The Bertz CT molecular complexity index is 358. The van der Waals surface area contributed by atoms with Crippen molar-refractivity contribution in [3.63, 3.8) is 0 Å². The minimum atomic E-state index is -0.0633. The topological polar surface area (TPSA) is 42.2 Å². The van der Waals surface area contributed by atoms with E-state index in [1.54, 1.807) is 13.0 Å². The molecule has 1 amide bonds. The van der Waals surface area contributed by atoms with E-state index in [-0.39, 0.29) is 5.91 Å². The minimum absolute atomic E-state index is 0.0633. The third kappa shape index (κ3) is 3.87. The van der Waals surface area contributed by atoms with Crippen LogP contribution in [0.5, 0.6) is 0 Å². The summed E-state index contributed by atoms with van der Waals surface area (Å²) in [5.74, 6) is 1.20. The summed E-state index contributed by atoms with van der Waals surface area (Å²) in [7, 11) is 0. The van der Waals surface area contributed by atoms with Gasteiger partial charge >= 0.3 is 0 Å². The molecule has 1 N–H and O–H groups in total. The molecule has 17 heavy (non-hydrogen) atoms. The molecule has 96 valence electrons. The van der Waals surface area contributed by atoms with Crippen LogP contribution >= 0.6 is 15.9 Å². The second-order valence-corrected chi connectivity index (χ2v) is 5.37. The summed E-state index contributed by atoms with van der Waals surface area (Å²) in [6, 6.07) is 1.70. The second kappa shape index (κ2) is 6.84. The third-order valence-corrected chi connectivity index (χ3v) is 4.19. The lowest BCUT2D eigenvalue weighted by atomic mass is 9.99. The molecule has 0 aliphatic rings. The van der Waals surface area contributed by atoms with Gasteiger partial charge in [0.05, 0.1) is 11.8 Å². The second-order valence-electron chi connectivity index (χ2n) is 4.19. The lowest BCUT2D eigenvalue weighted by Crippen LogP contribution is -2.33.